The van der Waals surface area contributed by atoms with Crippen molar-refractivity contribution in [2.75, 3.05) is 0 Å². The standard InChI is InChI=1S/C13H7Br2IN2/c14-8-5-10(15)12-11(6-8)17-13(18-12)7-2-1-3-9(16)4-7/h1-6H,(H,17,18). The second kappa shape index (κ2) is 4.94. The summed E-state index contributed by atoms with van der Waals surface area (Å²) in [6.07, 6.45) is 0. The summed E-state index contributed by atoms with van der Waals surface area (Å²) in [4.78, 5) is 7.98. The molecule has 0 unspecified atom stereocenters. The van der Waals surface area contributed by atoms with Gasteiger partial charge in [0.2, 0.25) is 0 Å². The van der Waals surface area contributed by atoms with Gasteiger partial charge in [0.25, 0.3) is 0 Å². The average Bonchev–Trinajstić information content (AvgIpc) is 2.73. The van der Waals surface area contributed by atoms with E-state index in [2.05, 4.69) is 82.6 Å². The number of nitrogens with one attached hydrogen (secondary N) is 1. The van der Waals surface area contributed by atoms with E-state index in [1.54, 1.807) is 0 Å². The average molecular weight is 478 g/mol. The molecule has 0 amide bonds. The van der Waals surface area contributed by atoms with Gasteiger partial charge in [-0.1, -0.05) is 28.1 Å². The van der Waals surface area contributed by atoms with Crippen LogP contribution in [0.3, 0.4) is 0 Å². The number of hydrogen-bond donors (Lipinski definition) is 1. The first-order chi connectivity index (χ1) is 8.63. The zero-order valence-corrected chi connectivity index (χ0v) is 14.4. The molecule has 18 heavy (non-hydrogen) atoms. The number of aromatic nitrogens is 2. The van der Waals surface area contributed by atoms with E-state index in [4.69, 9.17) is 0 Å². The lowest BCUT2D eigenvalue weighted by molar-refractivity contribution is 1.33. The van der Waals surface area contributed by atoms with Crippen molar-refractivity contribution in [2.24, 2.45) is 0 Å². The SMILES string of the molecule is Brc1cc(Br)c2nc(-c3cccc(I)c3)[nH]c2c1. The van der Waals surface area contributed by atoms with Crippen molar-refractivity contribution in [1.82, 2.24) is 9.97 Å². The van der Waals surface area contributed by atoms with Gasteiger partial charge in [-0.15, -0.1) is 0 Å². The molecule has 0 fully saturated rings. The third kappa shape index (κ3) is 2.35. The number of fused-ring (bicyclic) bond motifs is 1. The van der Waals surface area contributed by atoms with E-state index in [1.165, 1.54) is 3.57 Å². The number of benzene rings is 2. The highest BCUT2D eigenvalue weighted by Crippen LogP contribution is 2.29. The third-order valence-corrected chi connectivity index (χ3v) is 4.34. The monoisotopic (exact) mass is 476 g/mol. The topological polar surface area (TPSA) is 28.7 Å². The fourth-order valence-corrected chi connectivity index (χ4v) is 3.67. The zero-order valence-electron chi connectivity index (χ0n) is 9.05. The molecule has 0 aliphatic carbocycles. The van der Waals surface area contributed by atoms with Crippen molar-refractivity contribution in [3.05, 3.63) is 48.9 Å². The van der Waals surface area contributed by atoms with Crippen molar-refractivity contribution in [3.8, 4) is 11.4 Å². The van der Waals surface area contributed by atoms with E-state index in [1.807, 2.05) is 18.2 Å². The van der Waals surface area contributed by atoms with Crippen molar-refractivity contribution in [1.29, 1.82) is 0 Å². The maximum absolute atomic E-state index is 4.64. The molecule has 0 spiro atoms. The van der Waals surface area contributed by atoms with Crippen LogP contribution in [-0.4, -0.2) is 9.97 Å². The highest BCUT2D eigenvalue weighted by Gasteiger charge is 2.09. The Bertz CT molecular complexity index is 737. The highest BCUT2D eigenvalue weighted by molar-refractivity contribution is 14.1. The van der Waals surface area contributed by atoms with Crippen LogP contribution in [0.1, 0.15) is 0 Å². The number of nitrogens with zero attached hydrogens (tertiary/aromatic N) is 1. The quantitative estimate of drug-likeness (QED) is 0.470. The normalized spacial score (nSPS) is 11.1. The molecule has 1 heterocycles. The predicted octanol–water partition coefficient (Wildman–Crippen LogP) is 5.36. The Morgan fingerprint density at radius 3 is 2.72 bits per heavy atom. The summed E-state index contributed by atoms with van der Waals surface area (Å²) in [5.41, 5.74) is 3.07. The molecule has 3 aromatic rings. The van der Waals surface area contributed by atoms with E-state index in [0.717, 1.165) is 31.4 Å². The summed E-state index contributed by atoms with van der Waals surface area (Å²) in [7, 11) is 0. The number of hydrogen-bond acceptors (Lipinski definition) is 1. The summed E-state index contributed by atoms with van der Waals surface area (Å²) in [5, 5.41) is 0. The molecule has 3 rings (SSSR count). The predicted molar refractivity (Wildman–Crippen MR) is 89.6 cm³/mol. The van der Waals surface area contributed by atoms with E-state index >= 15 is 0 Å². The molecular weight excluding hydrogens is 471 g/mol. The second-order valence-corrected chi connectivity index (χ2v) is 6.90. The maximum Gasteiger partial charge on any atom is 0.138 e. The van der Waals surface area contributed by atoms with Crippen molar-refractivity contribution in [2.45, 2.75) is 0 Å². The van der Waals surface area contributed by atoms with Gasteiger partial charge in [-0.05, 0) is 62.8 Å². The summed E-state index contributed by atoms with van der Waals surface area (Å²) in [5.74, 6) is 0.891. The van der Waals surface area contributed by atoms with Gasteiger partial charge in [0.15, 0.2) is 0 Å². The van der Waals surface area contributed by atoms with Gasteiger partial charge >= 0.3 is 0 Å². The van der Waals surface area contributed by atoms with Crippen LogP contribution in [0.15, 0.2) is 45.3 Å². The first kappa shape index (κ1) is 12.6. The summed E-state index contributed by atoms with van der Waals surface area (Å²) < 4.78 is 3.21. The molecule has 1 aromatic heterocycles. The lowest BCUT2D eigenvalue weighted by Gasteiger charge is -1.96. The lowest BCUT2D eigenvalue weighted by atomic mass is 10.2. The van der Waals surface area contributed by atoms with Gasteiger partial charge in [0.05, 0.1) is 5.52 Å². The Morgan fingerprint density at radius 1 is 1.11 bits per heavy atom. The van der Waals surface area contributed by atoms with Crippen molar-refractivity contribution >= 4 is 65.5 Å². The van der Waals surface area contributed by atoms with Crippen LogP contribution < -0.4 is 0 Å². The Labute approximate surface area is 135 Å². The molecule has 0 aliphatic rings. The Kier molecular flexibility index (Phi) is 3.46. The van der Waals surface area contributed by atoms with Crippen molar-refractivity contribution in [3.63, 3.8) is 0 Å². The van der Waals surface area contributed by atoms with E-state index < -0.39 is 0 Å². The van der Waals surface area contributed by atoms with Crippen molar-refractivity contribution < 1.29 is 0 Å². The van der Waals surface area contributed by atoms with Crippen LogP contribution >= 0.6 is 54.5 Å². The molecule has 2 nitrogen and oxygen atoms in total. The molecule has 0 atom stereocenters. The third-order valence-electron chi connectivity index (χ3n) is 2.60. The molecule has 0 saturated carbocycles. The maximum atomic E-state index is 4.64. The van der Waals surface area contributed by atoms with E-state index in [0.29, 0.717) is 0 Å². The van der Waals surface area contributed by atoms with Crippen LogP contribution in [-0.2, 0) is 0 Å². The van der Waals surface area contributed by atoms with Crippen LogP contribution in [0.25, 0.3) is 22.4 Å². The van der Waals surface area contributed by atoms with Crippen LogP contribution in [0.2, 0.25) is 0 Å². The number of H-pyrrole nitrogens is 1. The molecule has 90 valence electrons. The van der Waals surface area contributed by atoms with Gasteiger partial charge < -0.3 is 4.98 Å². The Hall–Kier alpha value is -0.400. The molecule has 0 bridgehead atoms. The van der Waals surface area contributed by atoms with Gasteiger partial charge in [-0.25, -0.2) is 4.98 Å². The van der Waals surface area contributed by atoms with Gasteiger partial charge in [0.1, 0.15) is 11.3 Å². The summed E-state index contributed by atoms with van der Waals surface area (Å²) in [6.45, 7) is 0. The Balaban J connectivity index is 2.22. The molecule has 2 aromatic carbocycles. The zero-order chi connectivity index (χ0) is 12.7. The van der Waals surface area contributed by atoms with Crippen LogP contribution in [0.5, 0.6) is 0 Å². The number of aromatic amines is 1. The van der Waals surface area contributed by atoms with Gasteiger partial charge in [0, 0.05) is 18.1 Å². The number of imidazole rings is 1. The second-order valence-electron chi connectivity index (χ2n) is 3.88. The van der Waals surface area contributed by atoms with Crippen LogP contribution in [0.4, 0.5) is 0 Å². The number of halogens is 3. The fourth-order valence-electron chi connectivity index (χ4n) is 1.81. The minimum atomic E-state index is 0.891. The van der Waals surface area contributed by atoms with E-state index in [9.17, 15) is 0 Å². The number of rotatable bonds is 1. The summed E-state index contributed by atoms with van der Waals surface area (Å²) in [6, 6.07) is 12.3. The fraction of sp³-hybridized carbons (Fsp3) is 0. The first-order valence-corrected chi connectivity index (χ1v) is 7.90. The molecule has 1 N–H and O–H groups in total. The minimum Gasteiger partial charge on any atom is -0.338 e. The van der Waals surface area contributed by atoms with Gasteiger partial charge in [-0.3, -0.25) is 0 Å². The molecule has 0 aliphatic heterocycles. The molecule has 0 saturated heterocycles. The molecular formula is C13H7Br2IN2. The highest BCUT2D eigenvalue weighted by atomic mass is 127. The van der Waals surface area contributed by atoms with Gasteiger partial charge in [-0.2, -0.15) is 0 Å². The molecule has 5 heteroatoms. The largest absolute Gasteiger partial charge is 0.338 e. The Morgan fingerprint density at radius 2 is 1.94 bits per heavy atom. The summed E-state index contributed by atoms with van der Waals surface area (Å²) >= 11 is 9.32. The minimum absolute atomic E-state index is 0.891. The van der Waals surface area contributed by atoms with E-state index in [-0.39, 0.29) is 0 Å². The first-order valence-electron chi connectivity index (χ1n) is 5.24. The smallest absolute Gasteiger partial charge is 0.138 e. The molecule has 0 radical (unpaired) electrons. The lowest BCUT2D eigenvalue weighted by Crippen LogP contribution is -1.80. The van der Waals surface area contributed by atoms with Crippen LogP contribution in [0, 0.1) is 3.57 Å².